The molecule has 3 heterocycles. The van der Waals surface area contributed by atoms with Gasteiger partial charge in [-0.2, -0.15) is 0 Å². The van der Waals surface area contributed by atoms with Crippen LogP contribution in [0, 0.1) is 5.92 Å². The summed E-state index contributed by atoms with van der Waals surface area (Å²) in [6.45, 7) is 0. The highest BCUT2D eigenvalue weighted by Gasteiger charge is 2.47. The second kappa shape index (κ2) is 7.58. The molecule has 0 radical (unpaired) electrons. The molecule has 3 aromatic heterocycles. The Labute approximate surface area is 177 Å². The molecule has 1 aliphatic carbocycles. The zero-order valence-electron chi connectivity index (χ0n) is 15.5. The maximum atomic E-state index is 13.4. The molecule has 1 saturated carbocycles. The second-order valence-corrected chi connectivity index (χ2v) is 8.64. The minimum Gasteiger partial charge on any atom is -0.324 e. The minimum absolute atomic E-state index is 0.0192. The summed E-state index contributed by atoms with van der Waals surface area (Å²) in [5, 5.41) is 6.68. The number of amides is 1. The molecule has 0 saturated heterocycles. The molecule has 144 valence electrons. The van der Waals surface area contributed by atoms with E-state index in [2.05, 4.69) is 26.7 Å². The van der Waals surface area contributed by atoms with E-state index in [1.807, 2.05) is 48.5 Å². The summed E-state index contributed by atoms with van der Waals surface area (Å²) in [6.07, 6.45) is 4.38. The van der Waals surface area contributed by atoms with Gasteiger partial charge in [0.2, 0.25) is 5.91 Å². The van der Waals surface area contributed by atoms with E-state index in [0.717, 1.165) is 28.6 Å². The largest absolute Gasteiger partial charge is 0.324 e. The van der Waals surface area contributed by atoms with Crippen molar-refractivity contribution in [1.82, 2.24) is 9.97 Å². The van der Waals surface area contributed by atoms with Crippen molar-refractivity contribution in [1.29, 1.82) is 0 Å². The van der Waals surface area contributed by atoms with Crippen LogP contribution in [-0.2, 0) is 4.79 Å². The molecule has 4 nitrogen and oxygen atoms in total. The van der Waals surface area contributed by atoms with Gasteiger partial charge in [0, 0.05) is 28.6 Å². The van der Waals surface area contributed by atoms with E-state index in [4.69, 9.17) is 11.6 Å². The molecule has 1 aliphatic rings. The molecule has 3 atom stereocenters. The lowest BCUT2D eigenvalue weighted by Crippen LogP contribution is -2.41. The second-order valence-electron chi connectivity index (χ2n) is 7.27. The summed E-state index contributed by atoms with van der Waals surface area (Å²) in [6, 6.07) is 17.7. The molecule has 29 heavy (non-hydrogen) atoms. The van der Waals surface area contributed by atoms with Crippen LogP contribution < -0.4 is 5.32 Å². The van der Waals surface area contributed by atoms with E-state index < -0.39 is 0 Å². The normalized spacial score (nSPS) is 20.9. The Morgan fingerprint density at radius 2 is 1.93 bits per heavy atom. The highest BCUT2D eigenvalue weighted by atomic mass is 35.5. The van der Waals surface area contributed by atoms with Crippen LogP contribution in [-0.4, -0.2) is 15.9 Å². The zero-order valence-corrected chi connectivity index (χ0v) is 17.0. The quantitative estimate of drug-likeness (QED) is 0.421. The number of aromatic nitrogens is 2. The molecular formula is C23H18ClN3OS. The third-order valence-electron chi connectivity index (χ3n) is 5.66. The molecule has 5 rings (SSSR count). The SMILES string of the molecule is O=C(Nc1cccc2cccnc12)[C@H]1[C@@H](c2cccs2)C[C@H]1c1ccnc(Cl)c1. The average molecular weight is 420 g/mol. The molecule has 4 aromatic rings. The van der Waals surface area contributed by atoms with Crippen LogP contribution in [0.25, 0.3) is 10.9 Å². The number of hydrogen-bond acceptors (Lipinski definition) is 4. The first-order valence-electron chi connectivity index (χ1n) is 9.50. The summed E-state index contributed by atoms with van der Waals surface area (Å²) >= 11 is 7.82. The maximum absolute atomic E-state index is 13.4. The Balaban J connectivity index is 1.48. The fourth-order valence-corrected chi connectivity index (χ4v) is 5.30. The Hall–Kier alpha value is -2.76. The Kier molecular flexibility index (Phi) is 4.78. The van der Waals surface area contributed by atoms with E-state index >= 15 is 0 Å². The van der Waals surface area contributed by atoms with Gasteiger partial charge in [-0.15, -0.1) is 11.3 Å². The van der Waals surface area contributed by atoms with Gasteiger partial charge in [-0.05, 0) is 53.6 Å². The third kappa shape index (κ3) is 3.41. The summed E-state index contributed by atoms with van der Waals surface area (Å²) in [5.41, 5.74) is 2.62. The van der Waals surface area contributed by atoms with Gasteiger partial charge in [-0.25, -0.2) is 4.98 Å². The number of benzene rings is 1. The van der Waals surface area contributed by atoms with Gasteiger partial charge in [0.05, 0.1) is 17.1 Å². The Morgan fingerprint density at radius 1 is 1.03 bits per heavy atom. The highest BCUT2D eigenvalue weighted by Crippen LogP contribution is 2.54. The lowest BCUT2D eigenvalue weighted by Gasteiger charge is -2.43. The van der Waals surface area contributed by atoms with Crippen molar-refractivity contribution in [2.75, 3.05) is 5.32 Å². The van der Waals surface area contributed by atoms with Gasteiger partial charge in [-0.3, -0.25) is 9.78 Å². The summed E-state index contributed by atoms with van der Waals surface area (Å²) in [5.74, 6) is 0.178. The molecule has 1 N–H and O–H groups in total. The van der Waals surface area contributed by atoms with Crippen molar-refractivity contribution in [3.63, 3.8) is 0 Å². The first kappa shape index (κ1) is 18.3. The average Bonchev–Trinajstić information content (AvgIpc) is 3.22. The number of thiophene rings is 1. The number of pyridine rings is 2. The van der Waals surface area contributed by atoms with Gasteiger partial charge in [0.1, 0.15) is 5.15 Å². The fourth-order valence-electron chi connectivity index (χ4n) is 4.22. The van der Waals surface area contributed by atoms with Crippen molar-refractivity contribution >= 4 is 45.4 Å². The number of para-hydroxylation sites is 1. The van der Waals surface area contributed by atoms with Gasteiger partial charge >= 0.3 is 0 Å². The van der Waals surface area contributed by atoms with Crippen LogP contribution in [0.4, 0.5) is 5.69 Å². The van der Waals surface area contributed by atoms with E-state index in [1.165, 1.54) is 4.88 Å². The number of carbonyl (C=O) groups is 1. The number of hydrogen-bond donors (Lipinski definition) is 1. The lowest BCUT2D eigenvalue weighted by atomic mass is 9.61. The van der Waals surface area contributed by atoms with Gasteiger partial charge in [0.25, 0.3) is 0 Å². The molecule has 0 aliphatic heterocycles. The van der Waals surface area contributed by atoms with Crippen molar-refractivity contribution in [3.05, 3.63) is 88.0 Å². The van der Waals surface area contributed by atoms with Crippen LogP contribution in [0.5, 0.6) is 0 Å². The van der Waals surface area contributed by atoms with E-state index in [1.54, 1.807) is 23.7 Å². The van der Waals surface area contributed by atoms with E-state index in [-0.39, 0.29) is 23.7 Å². The minimum atomic E-state index is -0.161. The Bertz CT molecular complexity index is 1170. The first-order valence-corrected chi connectivity index (χ1v) is 10.8. The predicted octanol–water partition coefficient (Wildman–Crippen LogP) is 5.87. The van der Waals surface area contributed by atoms with Crippen molar-refractivity contribution < 1.29 is 4.79 Å². The number of halogens is 1. The van der Waals surface area contributed by atoms with Gasteiger partial charge < -0.3 is 5.32 Å². The highest BCUT2D eigenvalue weighted by molar-refractivity contribution is 7.10. The number of rotatable bonds is 4. The number of nitrogens with one attached hydrogen (secondary N) is 1. The van der Waals surface area contributed by atoms with Crippen LogP contribution >= 0.6 is 22.9 Å². The smallest absolute Gasteiger partial charge is 0.228 e. The van der Waals surface area contributed by atoms with E-state index in [9.17, 15) is 4.79 Å². The molecular weight excluding hydrogens is 402 g/mol. The van der Waals surface area contributed by atoms with Crippen LogP contribution in [0.1, 0.15) is 28.7 Å². The molecule has 1 aromatic carbocycles. The van der Waals surface area contributed by atoms with Crippen molar-refractivity contribution in [2.24, 2.45) is 5.92 Å². The van der Waals surface area contributed by atoms with E-state index in [0.29, 0.717) is 5.15 Å². The zero-order chi connectivity index (χ0) is 19.8. The first-order chi connectivity index (χ1) is 14.2. The Morgan fingerprint density at radius 3 is 2.76 bits per heavy atom. The van der Waals surface area contributed by atoms with Gasteiger partial charge in [0.15, 0.2) is 0 Å². The topological polar surface area (TPSA) is 54.9 Å². The number of fused-ring (bicyclic) bond motifs is 1. The number of nitrogens with zero attached hydrogens (tertiary/aromatic N) is 2. The molecule has 0 spiro atoms. The van der Waals surface area contributed by atoms with Crippen molar-refractivity contribution in [2.45, 2.75) is 18.3 Å². The number of anilines is 1. The van der Waals surface area contributed by atoms with Crippen LogP contribution in [0.3, 0.4) is 0 Å². The molecule has 1 amide bonds. The number of carbonyl (C=O) groups excluding carboxylic acids is 1. The molecule has 1 fully saturated rings. The fraction of sp³-hybridized carbons (Fsp3) is 0.174. The predicted molar refractivity (Wildman–Crippen MR) is 118 cm³/mol. The lowest BCUT2D eigenvalue weighted by molar-refractivity contribution is -0.124. The standard InChI is InChI=1S/C23H18ClN3OS/c24-20-12-15(8-10-25-20)16-13-17(19-7-3-11-29-19)21(16)23(28)27-18-6-1-4-14-5-2-9-26-22(14)18/h1-12,16-17,21H,13H2,(H,27,28)/t16-,17+,21+/m0/s1. The van der Waals surface area contributed by atoms with Gasteiger partial charge in [-0.1, -0.05) is 35.9 Å². The summed E-state index contributed by atoms with van der Waals surface area (Å²) < 4.78 is 0. The van der Waals surface area contributed by atoms with Crippen molar-refractivity contribution in [3.8, 4) is 0 Å². The third-order valence-corrected chi connectivity index (χ3v) is 6.87. The summed E-state index contributed by atoms with van der Waals surface area (Å²) in [4.78, 5) is 23.2. The maximum Gasteiger partial charge on any atom is 0.228 e. The monoisotopic (exact) mass is 419 g/mol. The molecule has 6 heteroatoms. The molecule has 0 unspecified atom stereocenters. The van der Waals surface area contributed by atoms with Crippen LogP contribution in [0.2, 0.25) is 5.15 Å². The summed E-state index contributed by atoms with van der Waals surface area (Å²) in [7, 11) is 0. The van der Waals surface area contributed by atoms with Crippen LogP contribution in [0.15, 0.2) is 72.4 Å². The molecule has 0 bridgehead atoms.